The van der Waals surface area contributed by atoms with Crippen molar-refractivity contribution < 1.29 is 9.52 Å². The molecular weight excluding hydrogens is 257 g/mol. The van der Waals surface area contributed by atoms with E-state index < -0.39 is 5.60 Å². The number of aliphatic hydroxyl groups is 1. The molecule has 0 radical (unpaired) electrons. The zero-order chi connectivity index (χ0) is 8.65. The molecule has 1 N–H and O–H groups in total. The first kappa shape index (κ1) is 8.99. The molecule has 4 heteroatoms. The number of aromatic nitrogens is 1. The summed E-state index contributed by atoms with van der Waals surface area (Å²) >= 11 is 1.98. The number of oxazole rings is 1. The number of hydrogen-bond acceptors (Lipinski definition) is 3. The minimum Gasteiger partial charge on any atom is -0.437 e. The second-order valence-corrected chi connectivity index (χ2v) is 3.85. The summed E-state index contributed by atoms with van der Waals surface area (Å²) in [5.74, 6) is 0.682. The van der Waals surface area contributed by atoms with Crippen LogP contribution < -0.4 is 0 Å². The van der Waals surface area contributed by atoms with E-state index in [0.29, 0.717) is 15.4 Å². The van der Waals surface area contributed by atoms with Crippen LogP contribution in [0, 0.1) is 10.8 Å². The van der Waals surface area contributed by atoms with Gasteiger partial charge in [-0.1, -0.05) is 0 Å². The highest BCUT2D eigenvalue weighted by Gasteiger charge is 2.23. The summed E-state index contributed by atoms with van der Waals surface area (Å²) < 4.78 is 5.72. The summed E-state index contributed by atoms with van der Waals surface area (Å²) in [7, 11) is 0. The Kier molecular flexibility index (Phi) is 2.24. The Balaban J connectivity index is 3.13. The van der Waals surface area contributed by atoms with E-state index >= 15 is 0 Å². The molecular formula is C7H10INO2. The molecule has 0 aromatic carbocycles. The third-order valence-corrected chi connectivity index (χ3v) is 1.81. The number of rotatable bonds is 1. The highest BCUT2D eigenvalue weighted by atomic mass is 127. The molecule has 0 aliphatic carbocycles. The van der Waals surface area contributed by atoms with Crippen molar-refractivity contribution in [2.45, 2.75) is 26.4 Å². The Bertz CT molecular complexity index is 262. The summed E-state index contributed by atoms with van der Waals surface area (Å²) in [6, 6.07) is 0. The van der Waals surface area contributed by atoms with Crippen molar-refractivity contribution >= 4 is 22.6 Å². The Hall–Kier alpha value is -0.100. The number of nitrogens with zero attached hydrogens (tertiary/aromatic N) is 1. The van der Waals surface area contributed by atoms with Gasteiger partial charge >= 0.3 is 0 Å². The average molecular weight is 267 g/mol. The summed E-state index contributed by atoms with van der Waals surface area (Å²) in [6.45, 7) is 5.17. The van der Waals surface area contributed by atoms with E-state index in [1.807, 2.05) is 22.6 Å². The maximum absolute atomic E-state index is 9.56. The van der Waals surface area contributed by atoms with E-state index in [4.69, 9.17) is 4.42 Å². The van der Waals surface area contributed by atoms with Crippen molar-refractivity contribution in [3.8, 4) is 0 Å². The molecule has 0 saturated carbocycles. The third kappa shape index (κ3) is 1.93. The largest absolute Gasteiger partial charge is 0.437 e. The molecule has 0 spiro atoms. The monoisotopic (exact) mass is 267 g/mol. The summed E-state index contributed by atoms with van der Waals surface area (Å²) in [6.07, 6.45) is 0. The Morgan fingerprint density at radius 1 is 1.55 bits per heavy atom. The zero-order valence-corrected chi connectivity index (χ0v) is 8.84. The van der Waals surface area contributed by atoms with Crippen molar-refractivity contribution in [3.05, 3.63) is 15.4 Å². The summed E-state index contributed by atoms with van der Waals surface area (Å²) in [5.41, 5.74) is -0.293. The van der Waals surface area contributed by atoms with Gasteiger partial charge in [-0.3, -0.25) is 0 Å². The van der Waals surface area contributed by atoms with E-state index in [1.165, 1.54) is 0 Å². The van der Waals surface area contributed by atoms with Gasteiger partial charge in [0.25, 0.3) is 3.90 Å². The number of hydrogen-bond donors (Lipinski definition) is 1. The maximum Gasteiger partial charge on any atom is 0.257 e. The molecule has 1 rings (SSSR count). The van der Waals surface area contributed by atoms with Crippen LogP contribution >= 0.6 is 22.6 Å². The Morgan fingerprint density at radius 3 is 2.27 bits per heavy atom. The lowest BCUT2D eigenvalue weighted by Crippen LogP contribution is -2.17. The van der Waals surface area contributed by atoms with Gasteiger partial charge in [-0.25, -0.2) is 4.98 Å². The first-order valence-corrected chi connectivity index (χ1v) is 4.35. The highest BCUT2D eigenvalue weighted by Crippen LogP contribution is 2.23. The van der Waals surface area contributed by atoms with E-state index in [-0.39, 0.29) is 0 Å². The van der Waals surface area contributed by atoms with Crippen LogP contribution in [0.3, 0.4) is 0 Å². The quantitative estimate of drug-likeness (QED) is 0.789. The first-order valence-electron chi connectivity index (χ1n) is 3.27. The van der Waals surface area contributed by atoms with E-state index in [0.717, 1.165) is 0 Å². The predicted octanol–water partition coefficient (Wildman–Crippen LogP) is 1.82. The first-order chi connectivity index (χ1) is 4.91. The Morgan fingerprint density at radius 2 is 2.09 bits per heavy atom. The maximum atomic E-state index is 9.56. The fourth-order valence-corrected chi connectivity index (χ4v) is 1.50. The van der Waals surface area contributed by atoms with Crippen molar-refractivity contribution in [3.63, 3.8) is 0 Å². The van der Waals surface area contributed by atoms with Crippen molar-refractivity contribution in [1.82, 2.24) is 4.98 Å². The second kappa shape index (κ2) is 2.75. The van der Waals surface area contributed by atoms with Gasteiger partial charge in [0, 0.05) is 22.6 Å². The smallest absolute Gasteiger partial charge is 0.257 e. The number of halogens is 1. The molecule has 1 aromatic heterocycles. The predicted molar refractivity (Wildman–Crippen MR) is 49.2 cm³/mol. The third-order valence-electron chi connectivity index (χ3n) is 1.35. The molecule has 0 unspecified atom stereocenters. The van der Waals surface area contributed by atoms with Crippen LogP contribution in [0.15, 0.2) is 4.42 Å². The minimum atomic E-state index is -0.906. The van der Waals surface area contributed by atoms with Gasteiger partial charge in [-0.2, -0.15) is 0 Å². The topological polar surface area (TPSA) is 46.3 Å². The van der Waals surface area contributed by atoms with Gasteiger partial charge in [-0.15, -0.1) is 0 Å². The molecule has 0 saturated heterocycles. The van der Waals surface area contributed by atoms with Crippen LogP contribution in [0.25, 0.3) is 0 Å². The van der Waals surface area contributed by atoms with Crippen LogP contribution in [-0.4, -0.2) is 10.1 Å². The van der Waals surface area contributed by atoms with E-state index in [2.05, 4.69) is 4.98 Å². The fraction of sp³-hybridized carbons (Fsp3) is 0.571. The highest BCUT2D eigenvalue weighted by molar-refractivity contribution is 14.1. The van der Waals surface area contributed by atoms with Crippen molar-refractivity contribution in [2.75, 3.05) is 0 Å². The zero-order valence-electron chi connectivity index (χ0n) is 6.68. The Labute approximate surface area is 79.0 Å². The lowest BCUT2D eigenvalue weighted by atomic mass is 10.1. The molecule has 11 heavy (non-hydrogen) atoms. The summed E-state index contributed by atoms with van der Waals surface area (Å²) in [4.78, 5) is 4.05. The molecule has 3 nitrogen and oxygen atoms in total. The van der Waals surface area contributed by atoms with Gasteiger partial charge < -0.3 is 9.52 Å². The molecule has 0 atom stereocenters. The number of aryl methyl sites for hydroxylation is 1. The van der Waals surface area contributed by atoms with Crippen molar-refractivity contribution in [1.29, 1.82) is 0 Å². The lowest BCUT2D eigenvalue weighted by molar-refractivity contribution is 0.0728. The molecule has 0 bridgehead atoms. The second-order valence-electron chi connectivity index (χ2n) is 2.93. The average Bonchev–Trinajstić information content (AvgIpc) is 2.08. The normalized spacial score (nSPS) is 12.1. The fourth-order valence-electron chi connectivity index (χ4n) is 0.932. The molecule has 0 amide bonds. The van der Waals surface area contributed by atoms with Gasteiger partial charge in [0.2, 0.25) is 0 Å². The van der Waals surface area contributed by atoms with Crippen LogP contribution in [0.1, 0.15) is 25.3 Å². The van der Waals surface area contributed by atoms with Gasteiger partial charge in [0.15, 0.2) is 0 Å². The van der Waals surface area contributed by atoms with E-state index in [1.54, 1.807) is 20.8 Å². The van der Waals surface area contributed by atoms with Crippen molar-refractivity contribution in [2.24, 2.45) is 0 Å². The SMILES string of the molecule is Cc1oc(I)nc1C(C)(C)O. The molecule has 0 aliphatic rings. The lowest BCUT2D eigenvalue weighted by Gasteiger charge is -2.13. The summed E-state index contributed by atoms with van der Waals surface area (Å²) in [5, 5.41) is 9.56. The van der Waals surface area contributed by atoms with Gasteiger partial charge in [-0.05, 0) is 20.8 Å². The molecule has 1 aromatic rings. The van der Waals surface area contributed by atoms with Crippen LogP contribution in [0.2, 0.25) is 0 Å². The van der Waals surface area contributed by atoms with Crippen LogP contribution in [-0.2, 0) is 5.60 Å². The van der Waals surface area contributed by atoms with Crippen LogP contribution in [0.5, 0.6) is 0 Å². The molecule has 0 aliphatic heterocycles. The molecule has 0 fully saturated rings. The van der Waals surface area contributed by atoms with Gasteiger partial charge in [0.1, 0.15) is 17.1 Å². The standard InChI is InChI=1S/C7H10INO2/c1-4-5(7(2,3)10)9-6(8)11-4/h10H,1-3H3. The van der Waals surface area contributed by atoms with E-state index in [9.17, 15) is 5.11 Å². The van der Waals surface area contributed by atoms with Crippen LogP contribution in [0.4, 0.5) is 0 Å². The minimum absolute atomic E-state index is 0.567. The molecule has 62 valence electrons. The van der Waals surface area contributed by atoms with Gasteiger partial charge in [0.05, 0.1) is 0 Å². The molecule has 1 heterocycles.